The largest absolute Gasteiger partial charge is 0.493 e. The summed E-state index contributed by atoms with van der Waals surface area (Å²) in [5, 5.41) is 8.99. The number of piperidine rings is 1. The first-order valence-corrected chi connectivity index (χ1v) is 4.69. The van der Waals surface area contributed by atoms with Crippen molar-refractivity contribution in [3.63, 3.8) is 0 Å². The lowest BCUT2D eigenvalue weighted by Crippen LogP contribution is -2.40. The third kappa shape index (κ3) is 1.81. The Bertz CT molecular complexity index is 384. The highest BCUT2D eigenvalue weighted by Crippen LogP contribution is 2.21. The van der Waals surface area contributed by atoms with Crippen LogP contribution in [0, 0.1) is 0 Å². The number of aromatic nitrogens is 1. The zero-order valence-corrected chi connectivity index (χ0v) is 8.01. The number of amides is 2. The predicted molar refractivity (Wildman–Crippen MR) is 52.2 cm³/mol. The lowest BCUT2D eigenvalue weighted by Gasteiger charge is -2.24. The van der Waals surface area contributed by atoms with Crippen LogP contribution in [0.2, 0.25) is 0 Å². The van der Waals surface area contributed by atoms with Gasteiger partial charge in [0.1, 0.15) is 0 Å². The van der Waals surface area contributed by atoms with Crippen LogP contribution in [-0.4, -0.2) is 21.9 Å². The number of hydrogen-bond donors (Lipinski definition) is 1. The fraction of sp³-hybridized carbons (Fsp3) is 0.300. The molecule has 0 spiro atoms. The monoisotopic (exact) mass is 206 g/mol. The Morgan fingerprint density at radius 2 is 1.87 bits per heavy atom. The maximum Gasteiger partial charge on any atom is 0.233 e. The topological polar surface area (TPSA) is 70.5 Å². The summed E-state index contributed by atoms with van der Waals surface area (Å²) in [5.41, 5.74) is 0.419. The molecule has 0 saturated carbocycles. The van der Waals surface area contributed by atoms with Crippen LogP contribution in [-0.2, 0) is 9.59 Å². The summed E-state index contributed by atoms with van der Waals surface area (Å²) < 4.78 is 0. The van der Waals surface area contributed by atoms with E-state index in [0.717, 1.165) is 4.90 Å². The minimum absolute atomic E-state index is 0.129. The highest BCUT2D eigenvalue weighted by molar-refractivity contribution is 6.16. The summed E-state index contributed by atoms with van der Waals surface area (Å²) in [6.45, 7) is 0. The van der Waals surface area contributed by atoms with Crippen LogP contribution in [0.5, 0.6) is 5.88 Å². The van der Waals surface area contributed by atoms with Gasteiger partial charge in [0.2, 0.25) is 17.7 Å². The Morgan fingerprint density at radius 3 is 2.40 bits per heavy atom. The van der Waals surface area contributed by atoms with E-state index >= 15 is 0 Å². The van der Waals surface area contributed by atoms with E-state index in [1.165, 1.54) is 18.3 Å². The van der Waals surface area contributed by atoms with E-state index in [2.05, 4.69) is 4.98 Å². The molecule has 1 aromatic heterocycles. The van der Waals surface area contributed by atoms with Crippen LogP contribution < -0.4 is 4.90 Å². The lowest BCUT2D eigenvalue weighted by atomic mass is 10.1. The number of pyridine rings is 1. The maximum atomic E-state index is 11.5. The number of imide groups is 1. The van der Waals surface area contributed by atoms with Crippen LogP contribution in [0.3, 0.4) is 0 Å². The van der Waals surface area contributed by atoms with Gasteiger partial charge in [0.05, 0.1) is 11.9 Å². The third-order valence-electron chi connectivity index (χ3n) is 2.27. The minimum Gasteiger partial charge on any atom is -0.493 e. The molecule has 15 heavy (non-hydrogen) atoms. The van der Waals surface area contributed by atoms with Crippen LogP contribution in [0.1, 0.15) is 19.3 Å². The summed E-state index contributed by atoms with van der Waals surface area (Å²) in [7, 11) is 0. The number of carbonyl (C=O) groups is 2. The second-order valence-electron chi connectivity index (χ2n) is 3.35. The molecule has 5 nitrogen and oxygen atoms in total. The molecule has 1 aliphatic rings. The van der Waals surface area contributed by atoms with E-state index in [4.69, 9.17) is 5.11 Å². The molecule has 1 saturated heterocycles. The van der Waals surface area contributed by atoms with Crippen molar-refractivity contribution in [2.75, 3.05) is 4.90 Å². The van der Waals surface area contributed by atoms with Gasteiger partial charge in [-0.1, -0.05) is 0 Å². The van der Waals surface area contributed by atoms with E-state index < -0.39 is 0 Å². The summed E-state index contributed by atoms with van der Waals surface area (Å²) in [5.74, 6) is -0.548. The van der Waals surface area contributed by atoms with Crippen molar-refractivity contribution in [2.24, 2.45) is 0 Å². The van der Waals surface area contributed by atoms with Crippen molar-refractivity contribution >= 4 is 17.5 Å². The van der Waals surface area contributed by atoms with Crippen molar-refractivity contribution in [3.8, 4) is 5.88 Å². The minimum atomic E-state index is -0.210. The highest BCUT2D eigenvalue weighted by atomic mass is 16.3. The lowest BCUT2D eigenvalue weighted by molar-refractivity contribution is -0.129. The maximum absolute atomic E-state index is 11.5. The van der Waals surface area contributed by atoms with Gasteiger partial charge in [-0.15, -0.1) is 0 Å². The molecule has 78 valence electrons. The van der Waals surface area contributed by atoms with E-state index in [1.807, 2.05) is 0 Å². The number of aromatic hydroxyl groups is 1. The SMILES string of the molecule is O=C1CCCC(=O)N1c1ccc(O)nc1. The van der Waals surface area contributed by atoms with Crippen molar-refractivity contribution in [1.29, 1.82) is 0 Å². The van der Waals surface area contributed by atoms with Gasteiger partial charge in [-0.2, -0.15) is 0 Å². The number of rotatable bonds is 1. The van der Waals surface area contributed by atoms with Crippen LogP contribution in [0.25, 0.3) is 0 Å². The molecule has 0 aliphatic carbocycles. The molecule has 0 atom stereocenters. The fourth-order valence-electron chi connectivity index (χ4n) is 1.55. The fourth-order valence-corrected chi connectivity index (χ4v) is 1.55. The van der Waals surface area contributed by atoms with Gasteiger partial charge in [0.25, 0.3) is 0 Å². The Hall–Kier alpha value is -1.91. The van der Waals surface area contributed by atoms with Crippen molar-refractivity contribution < 1.29 is 14.7 Å². The number of nitrogens with zero attached hydrogens (tertiary/aromatic N) is 2. The average Bonchev–Trinajstić information content (AvgIpc) is 2.20. The summed E-state index contributed by atoms with van der Waals surface area (Å²) in [6.07, 6.45) is 2.69. The van der Waals surface area contributed by atoms with Crippen molar-refractivity contribution in [3.05, 3.63) is 18.3 Å². The molecule has 5 heteroatoms. The van der Waals surface area contributed by atoms with Gasteiger partial charge in [-0.05, 0) is 12.5 Å². The van der Waals surface area contributed by atoms with Crippen LogP contribution >= 0.6 is 0 Å². The Balaban J connectivity index is 2.31. The molecule has 0 aromatic carbocycles. The Kier molecular flexibility index (Phi) is 2.37. The van der Waals surface area contributed by atoms with Gasteiger partial charge in [0.15, 0.2) is 0 Å². The quantitative estimate of drug-likeness (QED) is 0.691. The van der Waals surface area contributed by atoms with Crippen LogP contribution in [0.15, 0.2) is 18.3 Å². The first kappa shape index (κ1) is 9.64. The van der Waals surface area contributed by atoms with E-state index in [1.54, 1.807) is 0 Å². The summed E-state index contributed by atoms with van der Waals surface area (Å²) in [4.78, 5) is 27.8. The zero-order chi connectivity index (χ0) is 10.8. The standard InChI is InChI=1S/C10H10N2O3/c13-8-5-4-7(6-11-8)12-9(14)2-1-3-10(12)15/h4-6H,1-3H2,(H,11,13). The zero-order valence-electron chi connectivity index (χ0n) is 8.01. The molecule has 1 fully saturated rings. The Labute approximate surface area is 86.3 Å². The molecule has 2 rings (SSSR count). The third-order valence-corrected chi connectivity index (χ3v) is 2.27. The van der Waals surface area contributed by atoms with E-state index in [9.17, 15) is 9.59 Å². The van der Waals surface area contributed by atoms with Gasteiger partial charge in [-0.3, -0.25) is 9.59 Å². The molecular formula is C10H10N2O3. The van der Waals surface area contributed by atoms with E-state index in [0.29, 0.717) is 24.9 Å². The second kappa shape index (κ2) is 3.68. The number of carbonyl (C=O) groups excluding carboxylic acids is 2. The smallest absolute Gasteiger partial charge is 0.233 e. The number of anilines is 1. The first-order chi connectivity index (χ1) is 7.18. The summed E-state index contributed by atoms with van der Waals surface area (Å²) >= 11 is 0. The first-order valence-electron chi connectivity index (χ1n) is 4.69. The van der Waals surface area contributed by atoms with E-state index in [-0.39, 0.29) is 17.7 Å². The average molecular weight is 206 g/mol. The molecule has 1 N–H and O–H groups in total. The molecule has 0 bridgehead atoms. The molecule has 2 heterocycles. The van der Waals surface area contributed by atoms with Crippen LogP contribution in [0.4, 0.5) is 5.69 Å². The molecular weight excluding hydrogens is 196 g/mol. The van der Waals surface area contributed by atoms with Crippen molar-refractivity contribution in [1.82, 2.24) is 4.98 Å². The highest BCUT2D eigenvalue weighted by Gasteiger charge is 2.27. The molecule has 0 unspecified atom stereocenters. The Morgan fingerprint density at radius 1 is 1.20 bits per heavy atom. The van der Waals surface area contributed by atoms with Crippen molar-refractivity contribution in [2.45, 2.75) is 19.3 Å². The second-order valence-corrected chi connectivity index (χ2v) is 3.35. The molecule has 2 amide bonds. The molecule has 1 aliphatic heterocycles. The molecule has 0 radical (unpaired) electrons. The van der Waals surface area contributed by atoms with Gasteiger partial charge in [-0.25, -0.2) is 9.88 Å². The van der Waals surface area contributed by atoms with Gasteiger partial charge < -0.3 is 5.11 Å². The molecule has 1 aromatic rings. The van der Waals surface area contributed by atoms with Gasteiger partial charge >= 0.3 is 0 Å². The normalized spacial score (nSPS) is 16.9. The summed E-state index contributed by atoms with van der Waals surface area (Å²) in [6, 6.07) is 2.86. The number of hydrogen-bond acceptors (Lipinski definition) is 4. The predicted octanol–water partition coefficient (Wildman–Crippen LogP) is 0.831. The van der Waals surface area contributed by atoms with Gasteiger partial charge in [0, 0.05) is 18.9 Å².